The predicted octanol–water partition coefficient (Wildman–Crippen LogP) is 4.98. The first-order chi connectivity index (χ1) is 15.1. The molecule has 0 atom stereocenters. The molecule has 5 nitrogen and oxygen atoms in total. The van der Waals surface area contributed by atoms with Crippen molar-refractivity contribution in [2.24, 2.45) is 5.92 Å². The Morgan fingerprint density at radius 2 is 1.71 bits per heavy atom. The van der Waals surface area contributed by atoms with E-state index in [1.165, 1.54) is 29.9 Å². The van der Waals surface area contributed by atoms with E-state index >= 15 is 0 Å². The molecule has 6 heteroatoms. The largest absolute Gasteiger partial charge is 0.545 e. The molecule has 1 amide bonds. The number of anilines is 2. The number of carboxylic acids is 1. The molecule has 0 aliphatic heterocycles. The van der Waals surface area contributed by atoms with Crippen LogP contribution >= 0.6 is 11.3 Å². The van der Waals surface area contributed by atoms with Gasteiger partial charge in [-0.2, -0.15) is 0 Å². The maximum Gasteiger partial charge on any atom is 0.236 e. The smallest absolute Gasteiger partial charge is 0.236 e. The van der Waals surface area contributed by atoms with Crippen LogP contribution in [-0.2, 0) is 11.2 Å². The standard InChI is InChI=1S/C25H26N2O3S/c1-2-21-22(17-9-5-3-6-10-17)26-25(31-21)27(23(28)18-11-7-4-8-12-18)20-15-13-19(14-16-20)24(29)30/h3,5-6,9-10,13-16,18H,2,4,7-8,11-12H2,1H3,(H,29,30)/p-1. The van der Waals surface area contributed by atoms with Crippen molar-refractivity contribution < 1.29 is 14.7 Å². The van der Waals surface area contributed by atoms with Gasteiger partial charge in [-0.15, -0.1) is 11.3 Å². The van der Waals surface area contributed by atoms with Crippen LogP contribution in [0.1, 0.15) is 54.3 Å². The van der Waals surface area contributed by atoms with Gasteiger partial charge in [-0.1, -0.05) is 68.7 Å². The number of rotatable bonds is 6. The lowest BCUT2D eigenvalue weighted by Gasteiger charge is -2.28. The topological polar surface area (TPSA) is 73.3 Å². The van der Waals surface area contributed by atoms with Gasteiger partial charge in [0, 0.05) is 16.4 Å². The molecular formula is C25H25N2O3S-. The highest BCUT2D eigenvalue weighted by Crippen LogP contribution is 2.39. The van der Waals surface area contributed by atoms with Gasteiger partial charge in [0.25, 0.3) is 0 Å². The van der Waals surface area contributed by atoms with Gasteiger partial charge in [0.2, 0.25) is 5.91 Å². The molecule has 0 spiro atoms. The molecule has 2 aromatic carbocycles. The van der Waals surface area contributed by atoms with E-state index in [-0.39, 0.29) is 17.4 Å². The van der Waals surface area contributed by atoms with E-state index in [0.29, 0.717) is 10.8 Å². The summed E-state index contributed by atoms with van der Waals surface area (Å²) in [6.07, 6.45) is 5.85. The van der Waals surface area contributed by atoms with Crippen LogP contribution < -0.4 is 10.0 Å². The molecule has 0 N–H and O–H groups in total. The van der Waals surface area contributed by atoms with Gasteiger partial charge in [-0.3, -0.25) is 9.69 Å². The van der Waals surface area contributed by atoms with Crippen LogP contribution in [0.15, 0.2) is 54.6 Å². The number of aryl methyl sites for hydroxylation is 1. The van der Waals surface area contributed by atoms with Gasteiger partial charge >= 0.3 is 0 Å². The Kier molecular flexibility index (Phi) is 6.47. The fourth-order valence-corrected chi connectivity index (χ4v) is 5.16. The third-order valence-corrected chi connectivity index (χ3v) is 6.97. The van der Waals surface area contributed by atoms with Crippen LogP contribution in [0.4, 0.5) is 10.8 Å². The molecule has 4 rings (SSSR count). The van der Waals surface area contributed by atoms with Crippen LogP contribution in [0.5, 0.6) is 0 Å². The highest BCUT2D eigenvalue weighted by molar-refractivity contribution is 7.16. The molecular weight excluding hydrogens is 408 g/mol. The fourth-order valence-electron chi connectivity index (χ4n) is 4.11. The normalized spacial score (nSPS) is 14.4. The van der Waals surface area contributed by atoms with Crippen molar-refractivity contribution in [1.29, 1.82) is 0 Å². The summed E-state index contributed by atoms with van der Waals surface area (Å²) in [6.45, 7) is 2.09. The summed E-state index contributed by atoms with van der Waals surface area (Å²) in [6, 6.07) is 16.3. The lowest BCUT2D eigenvalue weighted by atomic mass is 9.88. The second-order valence-electron chi connectivity index (χ2n) is 7.83. The van der Waals surface area contributed by atoms with E-state index in [4.69, 9.17) is 4.98 Å². The van der Waals surface area contributed by atoms with Crippen LogP contribution in [0.2, 0.25) is 0 Å². The monoisotopic (exact) mass is 433 g/mol. The van der Waals surface area contributed by atoms with Gasteiger partial charge in [-0.25, -0.2) is 4.98 Å². The molecule has 0 bridgehead atoms. The number of carboxylic acid groups (broad SMARTS) is 1. The summed E-state index contributed by atoms with van der Waals surface area (Å²) < 4.78 is 0. The molecule has 0 saturated heterocycles. The molecule has 1 aromatic heterocycles. The molecule has 1 aliphatic carbocycles. The maximum atomic E-state index is 13.6. The Hall–Kier alpha value is -2.99. The number of aromatic carboxylic acids is 1. The third-order valence-electron chi connectivity index (χ3n) is 5.78. The molecule has 0 radical (unpaired) electrons. The Bertz CT molecular complexity index is 1050. The minimum Gasteiger partial charge on any atom is -0.545 e. The highest BCUT2D eigenvalue weighted by Gasteiger charge is 2.30. The predicted molar refractivity (Wildman–Crippen MR) is 121 cm³/mol. The summed E-state index contributed by atoms with van der Waals surface area (Å²) in [5.74, 6) is -1.23. The van der Waals surface area contributed by atoms with Gasteiger partial charge in [0.05, 0.1) is 17.4 Å². The van der Waals surface area contributed by atoms with Crippen LogP contribution in [0.3, 0.4) is 0 Å². The third kappa shape index (κ3) is 4.54. The van der Waals surface area contributed by atoms with Gasteiger partial charge in [-0.05, 0) is 37.0 Å². The first-order valence-electron chi connectivity index (χ1n) is 10.8. The van der Waals surface area contributed by atoms with E-state index < -0.39 is 5.97 Å². The Morgan fingerprint density at radius 3 is 2.32 bits per heavy atom. The molecule has 31 heavy (non-hydrogen) atoms. The lowest BCUT2D eigenvalue weighted by Crippen LogP contribution is -2.33. The number of hydrogen-bond acceptors (Lipinski definition) is 5. The molecule has 3 aromatic rings. The maximum absolute atomic E-state index is 13.6. The first-order valence-corrected chi connectivity index (χ1v) is 11.6. The number of thiazole rings is 1. The van der Waals surface area contributed by atoms with Gasteiger partial charge < -0.3 is 9.90 Å². The zero-order valence-electron chi connectivity index (χ0n) is 17.5. The van der Waals surface area contributed by atoms with Crippen molar-refractivity contribution in [3.63, 3.8) is 0 Å². The summed E-state index contributed by atoms with van der Waals surface area (Å²) in [5.41, 5.74) is 2.65. The van der Waals surface area contributed by atoms with E-state index in [2.05, 4.69) is 6.92 Å². The second-order valence-corrected chi connectivity index (χ2v) is 8.89. The second kappa shape index (κ2) is 9.43. The summed E-state index contributed by atoms with van der Waals surface area (Å²) >= 11 is 1.53. The summed E-state index contributed by atoms with van der Waals surface area (Å²) in [4.78, 5) is 32.5. The zero-order chi connectivity index (χ0) is 21.8. The van der Waals surface area contributed by atoms with E-state index in [1.54, 1.807) is 17.0 Å². The van der Waals surface area contributed by atoms with Crippen LogP contribution in [-0.4, -0.2) is 16.9 Å². The van der Waals surface area contributed by atoms with Crippen LogP contribution in [0, 0.1) is 5.92 Å². The fraction of sp³-hybridized carbons (Fsp3) is 0.320. The van der Waals surface area contributed by atoms with E-state index in [0.717, 1.165) is 48.2 Å². The number of carbonyl (C=O) groups excluding carboxylic acids is 2. The highest BCUT2D eigenvalue weighted by atomic mass is 32.1. The number of carbonyl (C=O) groups is 2. The quantitative estimate of drug-likeness (QED) is 0.549. The van der Waals surface area contributed by atoms with Crippen molar-refractivity contribution >= 4 is 34.0 Å². The number of benzene rings is 2. The van der Waals surface area contributed by atoms with Crippen molar-refractivity contribution in [2.45, 2.75) is 45.4 Å². The minimum absolute atomic E-state index is 0.0382. The SMILES string of the molecule is CCc1sc(N(C(=O)C2CCCCC2)c2ccc(C(=O)[O-])cc2)nc1-c1ccccc1. The summed E-state index contributed by atoms with van der Waals surface area (Å²) in [7, 11) is 0. The van der Waals surface area contributed by atoms with Crippen molar-refractivity contribution in [2.75, 3.05) is 4.90 Å². The molecule has 1 aliphatic rings. The van der Waals surface area contributed by atoms with Crippen molar-refractivity contribution in [3.8, 4) is 11.3 Å². The number of aromatic nitrogens is 1. The van der Waals surface area contributed by atoms with E-state index in [9.17, 15) is 14.7 Å². The number of amides is 1. The van der Waals surface area contributed by atoms with Crippen molar-refractivity contribution in [3.05, 3.63) is 65.0 Å². The average Bonchev–Trinajstić information content (AvgIpc) is 3.24. The minimum atomic E-state index is -1.23. The Balaban J connectivity index is 1.78. The molecule has 1 heterocycles. The lowest BCUT2D eigenvalue weighted by molar-refractivity contribution is -0.255. The number of hydrogen-bond donors (Lipinski definition) is 0. The van der Waals surface area contributed by atoms with Gasteiger partial charge in [0.15, 0.2) is 5.13 Å². The molecule has 1 fully saturated rings. The Labute approximate surface area is 186 Å². The summed E-state index contributed by atoms with van der Waals surface area (Å²) in [5, 5.41) is 11.8. The Morgan fingerprint density at radius 1 is 1.03 bits per heavy atom. The first kappa shape index (κ1) is 21.2. The van der Waals surface area contributed by atoms with E-state index in [1.807, 2.05) is 30.3 Å². The van der Waals surface area contributed by atoms with Gasteiger partial charge in [0.1, 0.15) is 0 Å². The average molecular weight is 434 g/mol. The van der Waals surface area contributed by atoms with Crippen molar-refractivity contribution in [1.82, 2.24) is 4.98 Å². The molecule has 1 saturated carbocycles. The number of nitrogens with zero attached hydrogens (tertiary/aromatic N) is 2. The zero-order valence-corrected chi connectivity index (χ0v) is 18.4. The molecule has 160 valence electrons. The van der Waals surface area contributed by atoms with Crippen LogP contribution in [0.25, 0.3) is 11.3 Å². The molecule has 0 unspecified atom stereocenters.